The largest absolute Gasteiger partial charge is 0.497 e. The summed E-state index contributed by atoms with van der Waals surface area (Å²) in [5.41, 5.74) is 1.24. The molecule has 0 radical (unpaired) electrons. The first-order chi connectivity index (χ1) is 10.1. The second-order valence-electron chi connectivity index (χ2n) is 5.71. The number of nitrogens with one attached hydrogen (secondary N) is 1. The lowest BCUT2D eigenvalue weighted by Gasteiger charge is -2.37. The Bertz CT molecular complexity index is 458. The van der Waals surface area contributed by atoms with Gasteiger partial charge < -0.3 is 14.8 Å². The maximum Gasteiger partial charge on any atom is 0.119 e. The molecule has 3 nitrogen and oxygen atoms in total. The van der Waals surface area contributed by atoms with Gasteiger partial charge in [-0.25, -0.2) is 0 Å². The normalized spacial score (nSPS) is 18.7. The molecule has 1 aliphatic rings. The number of ether oxygens (including phenoxy) is 2. The Hall–Kier alpha value is -0.580. The molecule has 1 aromatic rings. The van der Waals surface area contributed by atoms with E-state index in [1.807, 2.05) is 13.1 Å². The van der Waals surface area contributed by atoms with Crippen molar-refractivity contribution in [3.05, 3.63) is 28.2 Å². The molecule has 1 aliphatic carbocycles. The van der Waals surface area contributed by atoms with Gasteiger partial charge in [0.1, 0.15) is 5.75 Å². The Morgan fingerprint density at radius 1 is 1.33 bits per heavy atom. The van der Waals surface area contributed by atoms with Crippen molar-refractivity contribution in [1.82, 2.24) is 5.32 Å². The number of halogens is 1. The van der Waals surface area contributed by atoms with Crippen LogP contribution in [0.25, 0.3) is 0 Å². The van der Waals surface area contributed by atoms with Crippen LogP contribution >= 0.6 is 15.9 Å². The molecule has 0 heterocycles. The maximum atomic E-state index is 6.20. The van der Waals surface area contributed by atoms with E-state index in [2.05, 4.69) is 40.3 Å². The molecule has 0 aromatic heterocycles. The predicted octanol–water partition coefficient (Wildman–Crippen LogP) is 3.94. The van der Waals surface area contributed by atoms with Crippen LogP contribution in [0.4, 0.5) is 0 Å². The minimum absolute atomic E-state index is 0.0218. The number of rotatable bonds is 7. The van der Waals surface area contributed by atoms with Crippen LogP contribution in [0.1, 0.15) is 38.2 Å². The molecule has 0 spiro atoms. The van der Waals surface area contributed by atoms with Crippen molar-refractivity contribution in [3.8, 4) is 5.75 Å². The second-order valence-corrected chi connectivity index (χ2v) is 6.56. The van der Waals surface area contributed by atoms with Crippen molar-refractivity contribution in [2.45, 2.75) is 50.7 Å². The molecule has 1 fully saturated rings. The highest BCUT2D eigenvalue weighted by atomic mass is 79.9. The van der Waals surface area contributed by atoms with Gasteiger partial charge in [-0.1, -0.05) is 28.8 Å². The summed E-state index contributed by atoms with van der Waals surface area (Å²) in [4.78, 5) is 0. The van der Waals surface area contributed by atoms with Crippen molar-refractivity contribution >= 4 is 15.9 Å². The zero-order valence-corrected chi connectivity index (χ0v) is 14.8. The van der Waals surface area contributed by atoms with E-state index >= 15 is 0 Å². The van der Waals surface area contributed by atoms with Crippen LogP contribution in [0.5, 0.6) is 5.75 Å². The molecule has 118 valence electrons. The monoisotopic (exact) mass is 355 g/mol. The number of hydrogen-bond acceptors (Lipinski definition) is 3. The fourth-order valence-corrected chi connectivity index (χ4v) is 3.87. The zero-order chi connectivity index (χ0) is 15.3. The van der Waals surface area contributed by atoms with Gasteiger partial charge in [-0.3, -0.25) is 0 Å². The molecule has 1 unspecified atom stereocenters. The molecule has 21 heavy (non-hydrogen) atoms. The Labute approximate surface area is 136 Å². The summed E-state index contributed by atoms with van der Waals surface area (Å²) in [5, 5.41) is 3.50. The van der Waals surface area contributed by atoms with Gasteiger partial charge in [0.15, 0.2) is 0 Å². The minimum Gasteiger partial charge on any atom is -0.497 e. The number of likely N-dealkylation sites (N-methyl/N-ethyl adjacent to an activating group) is 1. The van der Waals surface area contributed by atoms with Crippen molar-refractivity contribution in [2.24, 2.45) is 0 Å². The van der Waals surface area contributed by atoms with Gasteiger partial charge in [0.2, 0.25) is 0 Å². The van der Waals surface area contributed by atoms with Crippen LogP contribution in [0.15, 0.2) is 22.7 Å². The first-order valence-corrected chi connectivity index (χ1v) is 8.58. The summed E-state index contributed by atoms with van der Waals surface area (Å²) < 4.78 is 12.7. The van der Waals surface area contributed by atoms with E-state index in [1.54, 1.807) is 7.11 Å². The van der Waals surface area contributed by atoms with Crippen LogP contribution in [0, 0.1) is 0 Å². The van der Waals surface area contributed by atoms with Gasteiger partial charge >= 0.3 is 0 Å². The summed E-state index contributed by atoms with van der Waals surface area (Å²) in [5.74, 6) is 0.903. The average molecular weight is 356 g/mol. The number of hydrogen-bond donors (Lipinski definition) is 1. The summed E-state index contributed by atoms with van der Waals surface area (Å²) in [6.07, 6.45) is 5.76. The van der Waals surface area contributed by atoms with E-state index in [0.29, 0.717) is 6.04 Å². The van der Waals surface area contributed by atoms with Crippen LogP contribution in [0.2, 0.25) is 0 Å². The first-order valence-electron chi connectivity index (χ1n) is 7.79. The fourth-order valence-electron chi connectivity index (χ4n) is 3.46. The van der Waals surface area contributed by atoms with Crippen LogP contribution in [0.3, 0.4) is 0 Å². The Morgan fingerprint density at radius 2 is 2.05 bits per heavy atom. The zero-order valence-electron chi connectivity index (χ0n) is 13.2. The summed E-state index contributed by atoms with van der Waals surface area (Å²) in [6.45, 7) is 2.87. The van der Waals surface area contributed by atoms with E-state index in [0.717, 1.165) is 36.1 Å². The van der Waals surface area contributed by atoms with E-state index in [1.165, 1.54) is 18.4 Å². The minimum atomic E-state index is -0.0218. The lowest BCUT2D eigenvalue weighted by Crippen LogP contribution is -2.51. The van der Waals surface area contributed by atoms with E-state index in [4.69, 9.17) is 9.47 Å². The average Bonchev–Trinajstić information content (AvgIpc) is 2.96. The van der Waals surface area contributed by atoms with Crippen molar-refractivity contribution in [1.29, 1.82) is 0 Å². The van der Waals surface area contributed by atoms with E-state index in [-0.39, 0.29) is 5.60 Å². The molecule has 0 aliphatic heterocycles. The topological polar surface area (TPSA) is 30.5 Å². The number of methoxy groups -OCH3 is 1. The molecule has 0 amide bonds. The third kappa shape index (κ3) is 3.79. The van der Waals surface area contributed by atoms with Crippen LogP contribution in [-0.2, 0) is 11.2 Å². The van der Waals surface area contributed by atoms with Crippen LogP contribution in [-0.4, -0.2) is 32.4 Å². The Kier molecular flexibility index (Phi) is 6.08. The standard InChI is InChI=1S/C17H26BrNO2/c1-4-21-17(9-5-6-10-17)16(19-2)12-13-11-14(20-3)7-8-15(13)18/h7-8,11,16,19H,4-6,9-10,12H2,1-3H3. The lowest BCUT2D eigenvalue weighted by molar-refractivity contribution is -0.0597. The SMILES string of the molecule is CCOC1(C(Cc2cc(OC)ccc2Br)NC)CCCC1. The molecular formula is C17H26BrNO2. The van der Waals surface area contributed by atoms with Crippen molar-refractivity contribution < 1.29 is 9.47 Å². The molecule has 1 atom stereocenters. The molecule has 1 aromatic carbocycles. The Balaban J connectivity index is 2.21. The smallest absolute Gasteiger partial charge is 0.119 e. The first kappa shape index (κ1) is 16.8. The van der Waals surface area contributed by atoms with E-state index < -0.39 is 0 Å². The summed E-state index contributed by atoms with van der Waals surface area (Å²) in [7, 11) is 3.75. The highest BCUT2D eigenvalue weighted by Crippen LogP contribution is 2.38. The summed E-state index contributed by atoms with van der Waals surface area (Å²) >= 11 is 3.66. The molecule has 1 saturated carbocycles. The summed E-state index contributed by atoms with van der Waals surface area (Å²) in [6, 6.07) is 6.48. The third-order valence-electron chi connectivity index (χ3n) is 4.54. The van der Waals surface area contributed by atoms with E-state index in [9.17, 15) is 0 Å². The lowest BCUT2D eigenvalue weighted by atomic mass is 9.87. The van der Waals surface area contributed by atoms with Crippen LogP contribution < -0.4 is 10.1 Å². The van der Waals surface area contributed by atoms with Gasteiger partial charge in [-0.15, -0.1) is 0 Å². The van der Waals surface area contributed by atoms with Gasteiger partial charge in [0, 0.05) is 17.1 Å². The second kappa shape index (κ2) is 7.61. The highest BCUT2D eigenvalue weighted by molar-refractivity contribution is 9.10. The van der Waals surface area contributed by atoms with Crippen molar-refractivity contribution in [2.75, 3.05) is 20.8 Å². The highest BCUT2D eigenvalue weighted by Gasteiger charge is 2.41. The van der Waals surface area contributed by atoms with Gasteiger partial charge in [-0.05, 0) is 57.0 Å². The number of benzene rings is 1. The van der Waals surface area contributed by atoms with Gasteiger partial charge in [-0.2, -0.15) is 0 Å². The quantitative estimate of drug-likeness (QED) is 0.803. The molecule has 0 saturated heterocycles. The molecular weight excluding hydrogens is 330 g/mol. The molecule has 2 rings (SSSR count). The van der Waals surface area contributed by atoms with Gasteiger partial charge in [0.05, 0.1) is 12.7 Å². The molecule has 1 N–H and O–H groups in total. The molecule has 0 bridgehead atoms. The molecule has 4 heteroatoms. The Morgan fingerprint density at radius 3 is 2.62 bits per heavy atom. The van der Waals surface area contributed by atoms with Crippen molar-refractivity contribution in [3.63, 3.8) is 0 Å². The van der Waals surface area contributed by atoms with Gasteiger partial charge in [0.25, 0.3) is 0 Å². The maximum absolute atomic E-state index is 6.20. The third-order valence-corrected chi connectivity index (χ3v) is 5.32. The predicted molar refractivity (Wildman–Crippen MR) is 90.1 cm³/mol. The fraction of sp³-hybridized carbons (Fsp3) is 0.647.